The summed E-state index contributed by atoms with van der Waals surface area (Å²) in [6.45, 7) is 0. The van der Waals surface area contributed by atoms with Crippen LogP contribution in [0.15, 0.2) is 66.0 Å². The number of hydrogen-bond donors (Lipinski definition) is 1. The highest BCUT2D eigenvalue weighted by Gasteiger charge is 2.35. The van der Waals surface area contributed by atoms with E-state index in [-0.39, 0.29) is 22.7 Å². The highest BCUT2D eigenvalue weighted by atomic mass is 35.5. The minimum absolute atomic E-state index is 0.0507. The zero-order valence-electron chi connectivity index (χ0n) is 14.3. The van der Waals surface area contributed by atoms with Crippen LogP contribution >= 0.6 is 11.6 Å². The molecule has 3 rings (SSSR count). The second-order valence-electron chi connectivity index (χ2n) is 6.08. The summed E-state index contributed by atoms with van der Waals surface area (Å²) in [5, 5.41) is 1.59. The van der Waals surface area contributed by atoms with Crippen LogP contribution in [0.4, 0.5) is 0 Å². The van der Waals surface area contributed by atoms with Gasteiger partial charge in [0.1, 0.15) is 16.8 Å². The Balaban J connectivity index is 1.99. The second-order valence-corrected chi connectivity index (χ2v) is 6.52. The van der Waals surface area contributed by atoms with Gasteiger partial charge in [0.2, 0.25) is 17.5 Å². The van der Waals surface area contributed by atoms with Crippen LogP contribution in [0.5, 0.6) is 0 Å². The highest BCUT2D eigenvalue weighted by Crippen LogP contribution is 2.27. The smallest absolute Gasteiger partial charge is 0.247 e. The van der Waals surface area contributed by atoms with Crippen LogP contribution in [0.2, 0.25) is 0 Å². The maximum atomic E-state index is 12.9. The van der Waals surface area contributed by atoms with E-state index in [1.165, 1.54) is 4.90 Å². The Morgan fingerprint density at radius 2 is 1.46 bits per heavy atom. The molecule has 0 aliphatic heterocycles. The van der Waals surface area contributed by atoms with Crippen LogP contribution < -0.4 is 5.32 Å². The number of alkyl halides is 1. The molecule has 1 N–H and O–H groups in total. The van der Waals surface area contributed by atoms with Crippen molar-refractivity contribution in [3.8, 4) is 0 Å². The molecule has 0 radical (unpaired) electrons. The van der Waals surface area contributed by atoms with Gasteiger partial charge in [0.25, 0.3) is 0 Å². The monoisotopic (exact) mass is 368 g/mol. The quantitative estimate of drug-likeness (QED) is 0.843. The van der Waals surface area contributed by atoms with E-state index in [9.17, 15) is 14.4 Å². The number of carbonyl (C=O) groups excluding carboxylic acids is 3. The lowest BCUT2D eigenvalue weighted by atomic mass is 9.89. The molecule has 0 fully saturated rings. The van der Waals surface area contributed by atoms with Gasteiger partial charge in [-0.2, -0.15) is 0 Å². The van der Waals surface area contributed by atoms with E-state index in [1.807, 2.05) is 6.07 Å². The summed E-state index contributed by atoms with van der Waals surface area (Å²) in [5.41, 5.74) is 1.28. The number of carbonyl (C=O) groups is 3. The number of rotatable bonds is 4. The predicted octanol–water partition coefficient (Wildman–Crippen LogP) is 2.94. The van der Waals surface area contributed by atoms with Crippen molar-refractivity contribution in [3.63, 3.8) is 0 Å². The molecule has 0 spiro atoms. The molecule has 132 valence electrons. The fraction of sp³-hybridized carbons (Fsp3) is 0.150. The molecule has 6 heteroatoms. The molecule has 1 atom stereocenters. The van der Waals surface area contributed by atoms with E-state index in [2.05, 4.69) is 5.32 Å². The van der Waals surface area contributed by atoms with E-state index >= 15 is 0 Å². The van der Waals surface area contributed by atoms with Gasteiger partial charge in [0.05, 0.1) is 0 Å². The average Bonchev–Trinajstić information content (AvgIpc) is 2.65. The molecular formula is C20H17ClN2O3. The predicted molar refractivity (Wildman–Crippen MR) is 99.0 cm³/mol. The van der Waals surface area contributed by atoms with Crippen molar-refractivity contribution in [1.82, 2.24) is 10.2 Å². The normalized spacial score (nSPS) is 14.7. The Labute approximate surface area is 156 Å². The number of ketones is 2. The number of benzene rings is 2. The molecule has 2 aromatic rings. The lowest BCUT2D eigenvalue weighted by molar-refractivity contribution is -0.120. The van der Waals surface area contributed by atoms with Crippen molar-refractivity contribution in [2.24, 2.45) is 0 Å². The molecule has 0 bridgehead atoms. The first kappa shape index (κ1) is 17.9. The second kappa shape index (κ2) is 7.14. The fourth-order valence-electron chi connectivity index (χ4n) is 2.87. The van der Waals surface area contributed by atoms with Crippen molar-refractivity contribution in [1.29, 1.82) is 0 Å². The lowest BCUT2D eigenvalue weighted by Crippen LogP contribution is -2.39. The lowest BCUT2D eigenvalue weighted by Gasteiger charge is -2.26. The van der Waals surface area contributed by atoms with Crippen molar-refractivity contribution in [2.45, 2.75) is 5.38 Å². The topological polar surface area (TPSA) is 66.5 Å². The summed E-state index contributed by atoms with van der Waals surface area (Å²) >= 11 is 6.24. The number of nitrogens with one attached hydrogen (secondary N) is 1. The van der Waals surface area contributed by atoms with E-state index in [0.717, 1.165) is 0 Å². The Bertz CT molecular complexity index is 920. The number of Topliss-reactive ketones (excluding diaryl/α,β-unsaturated/α-hetero) is 2. The van der Waals surface area contributed by atoms with Crippen molar-refractivity contribution >= 4 is 29.1 Å². The molecular weight excluding hydrogens is 352 g/mol. The van der Waals surface area contributed by atoms with Crippen molar-refractivity contribution < 1.29 is 14.4 Å². The highest BCUT2D eigenvalue weighted by molar-refractivity contribution is 6.32. The van der Waals surface area contributed by atoms with Gasteiger partial charge in [-0.25, -0.2) is 0 Å². The Kier molecular flexibility index (Phi) is 4.91. The molecule has 1 unspecified atom stereocenters. The van der Waals surface area contributed by atoms with Gasteiger partial charge in [-0.1, -0.05) is 54.6 Å². The maximum Gasteiger partial charge on any atom is 0.247 e. The summed E-state index contributed by atoms with van der Waals surface area (Å²) in [7, 11) is 3.30. The summed E-state index contributed by atoms with van der Waals surface area (Å²) < 4.78 is 0. The average molecular weight is 369 g/mol. The Hall–Kier alpha value is -2.92. The standard InChI is InChI=1S/C20H17ClN2O3/c1-23(2)17-16(18(24)13-10-6-7-11-14(13)19(17)25)22-20(26)15(21)12-8-4-3-5-9-12/h3-11,15H,1-2H3,(H,22,26). The van der Waals surface area contributed by atoms with Crippen molar-refractivity contribution in [2.75, 3.05) is 14.1 Å². The van der Waals surface area contributed by atoms with Crippen LogP contribution in [0, 0.1) is 0 Å². The van der Waals surface area contributed by atoms with Gasteiger partial charge in [-0.3, -0.25) is 14.4 Å². The van der Waals surface area contributed by atoms with Gasteiger partial charge < -0.3 is 10.2 Å². The first-order valence-corrected chi connectivity index (χ1v) is 8.45. The van der Waals surface area contributed by atoms with Crippen LogP contribution in [0.1, 0.15) is 31.7 Å². The molecule has 2 aromatic carbocycles. The molecule has 0 heterocycles. The fourth-order valence-corrected chi connectivity index (χ4v) is 3.07. The third-order valence-electron chi connectivity index (χ3n) is 4.11. The summed E-state index contributed by atoms with van der Waals surface area (Å²) in [6, 6.07) is 15.4. The number of amides is 1. The third kappa shape index (κ3) is 3.13. The minimum atomic E-state index is -0.979. The first-order valence-electron chi connectivity index (χ1n) is 8.01. The number of likely N-dealkylation sites (N-methyl/N-ethyl adjacent to an activating group) is 1. The van der Waals surface area contributed by atoms with Gasteiger partial charge >= 0.3 is 0 Å². The Morgan fingerprint density at radius 1 is 0.923 bits per heavy atom. The number of nitrogens with zero attached hydrogens (tertiary/aromatic N) is 1. The molecule has 1 aliphatic carbocycles. The molecule has 5 nitrogen and oxygen atoms in total. The maximum absolute atomic E-state index is 12.9. The van der Waals surface area contributed by atoms with E-state index < -0.39 is 17.1 Å². The summed E-state index contributed by atoms with van der Waals surface area (Å²) in [5.74, 6) is -1.28. The molecule has 1 aliphatic rings. The Morgan fingerprint density at radius 3 is 2.04 bits per heavy atom. The summed E-state index contributed by atoms with van der Waals surface area (Å²) in [6.07, 6.45) is 0. The third-order valence-corrected chi connectivity index (χ3v) is 4.56. The largest absolute Gasteiger partial charge is 0.373 e. The molecule has 1 amide bonds. The van der Waals surface area contributed by atoms with Crippen molar-refractivity contribution in [3.05, 3.63) is 82.7 Å². The van der Waals surface area contributed by atoms with Gasteiger partial charge in [0.15, 0.2) is 0 Å². The molecule has 0 saturated carbocycles. The zero-order chi connectivity index (χ0) is 18.8. The van der Waals surface area contributed by atoms with E-state index in [4.69, 9.17) is 11.6 Å². The van der Waals surface area contributed by atoms with E-state index in [0.29, 0.717) is 11.1 Å². The van der Waals surface area contributed by atoms with Crippen LogP contribution in [0.25, 0.3) is 0 Å². The summed E-state index contributed by atoms with van der Waals surface area (Å²) in [4.78, 5) is 39.8. The first-order chi connectivity index (χ1) is 12.4. The van der Waals surface area contributed by atoms with E-state index in [1.54, 1.807) is 62.6 Å². The number of halogens is 1. The molecule has 0 aromatic heterocycles. The number of hydrogen-bond acceptors (Lipinski definition) is 4. The van der Waals surface area contributed by atoms with Crippen LogP contribution in [0.3, 0.4) is 0 Å². The van der Waals surface area contributed by atoms with Gasteiger partial charge in [-0.15, -0.1) is 11.6 Å². The number of fused-ring (bicyclic) bond motifs is 1. The van der Waals surface area contributed by atoms with Crippen LogP contribution in [-0.2, 0) is 4.79 Å². The SMILES string of the molecule is CN(C)C1=C(NC(=O)C(Cl)c2ccccc2)C(=O)c2ccccc2C1=O. The van der Waals surface area contributed by atoms with Gasteiger partial charge in [-0.05, 0) is 5.56 Å². The van der Waals surface area contributed by atoms with Crippen LogP contribution in [-0.4, -0.2) is 36.5 Å². The van der Waals surface area contributed by atoms with Gasteiger partial charge in [0, 0.05) is 25.2 Å². The molecule has 26 heavy (non-hydrogen) atoms. The number of allylic oxidation sites excluding steroid dienone is 2. The molecule has 0 saturated heterocycles. The minimum Gasteiger partial charge on any atom is -0.373 e. The zero-order valence-corrected chi connectivity index (χ0v) is 15.1.